The Morgan fingerprint density at radius 1 is 1.62 bits per heavy atom. The lowest BCUT2D eigenvalue weighted by Gasteiger charge is -2.05. The second-order valence-corrected chi connectivity index (χ2v) is 5.20. The van der Waals surface area contributed by atoms with Gasteiger partial charge in [-0.1, -0.05) is 0 Å². The maximum atomic E-state index is 10.5. The standard InChI is InChI=1S/C6H12NO5P/c7-6(5(8)9)3-4(6)1-2-13(10,11)12/h4H,1-3,7H2,(H,8,9)(H2,10,11,12)/t4-,6+/m0/s1. The number of rotatable bonds is 4. The molecule has 0 aromatic heterocycles. The van der Waals surface area contributed by atoms with Crippen molar-refractivity contribution >= 4 is 13.6 Å². The van der Waals surface area contributed by atoms with E-state index in [1.54, 1.807) is 0 Å². The molecule has 0 amide bonds. The molecule has 0 heterocycles. The van der Waals surface area contributed by atoms with Crippen LogP contribution in [0.5, 0.6) is 0 Å². The van der Waals surface area contributed by atoms with Gasteiger partial charge in [0.2, 0.25) is 0 Å². The smallest absolute Gasteiger partial charge is 0.325 e. The molecule has 6 nitrogen and oxygen atoms in total. The predicted molar refractivity (Wildman–Crippen MR) is 44.2 cm³/mol. The summed E-state index contributed by atoms with van der Waals surface area (Å²) < 4.78 is 10.5. The summed E-state index contributed by atoms with van der Waals surface area (Å²) in [5.41, 5.74) is 4.17. The van der Waals surface area contributed by atoms with Crippen LogP contribution < -0.4 is 5.73 Å². The maximum Gasteiger partial charge on any atom is 0.325 e. The van der Waals surface area contributed by atoms with Crippen LogP contribution in [0.15, 0.2) is 0 Å². The van der Waals surface area contributed by atoms with Crippen LogP contribution >= 0.6 is 7.60 Å². The molecule has 1 aliphatic carbocycles. The van der Waals surface area contributed by atoms with E-state index in [0.29, 0.717) is 6.42 Å². The van der Waals surface area contributed by atoms with Crippen LogP contribution in [0.2, 0.25) is 0 Å². The highest BCUT2D eigenvalue weighted by Crippen LogP contribution is 2.47. The third-order valence-corrected chi connectivity index (χ3v) is 3.16. The van der Waals surface area contributed by atoms with E-state index in [2.05, 4.69) is 0 Å². The number of carbonyl (C=O) groups is 1. The second kappa shape index (κ2) is 3.06. The molecule has 13 heavy (non-hydrogen) atoms. The molecule has 0 spiro atoms. The molecule has 5 N–H and O–H groups in total. The molecule has 0 saturated heterocycles. The number of carboxylic acid groups (broad SMARTS) is 1. The molecule has 0 bridgehead atoms. The Balaban J connectivity index is 2.37. The van der Waals surface area contributed by atoms with E-state index in [1.165, 1.54) is 0 Å². The molecule has 0 aromatic carbocycles. The van der Waals surface area contributed by atoms with Crippen molar-refractivity contribution in [2.75, 3.05) is 6.16 Å². The van der Waals surface area contributed by atoms with Crippen molar-refractivity contribution in [3.8, 4) is 0 Å². The summed E-state index contributed by atoms with van der Waals surface area (Å²) in [5.74, 6) is -1.39. The Morgan fingerprint density at radius 3 is 2.46 bits per heavy atom. The minimum Gasteiger partial charge on any atom is -0.480 e. The van der Waals surface area contributed by atoms with Crippen LogP contribution in [0.25, 0.3) is 0 Å². The minimum atomic E-state index is -4.01. The van der Waals surface area contributed by atoms with Crippen LogP contribution in [0.3, 0.4) is 0 Å². The van der Waals surface area contributed by atoms with Crippen molar-refractivity contribution in [3.05, 3.63) is 0 Å². The topological polar surface area (TPSA) is 121 Å². The monoisotopic (exact) mass is 209 g/mol. The predicted octanol–water partition coefficient (Wildman–Crippen LogP) is -0.644. The highest BCUT2D eigenvalue weighted by molar-refractivity contribution is 7.51. The Labute approximate surface area is 74.9 Å². The molecule has 0 aromatic rings. The van der Waals surface area contributed by atoms with Gasteiger partial charge in [0, 0.05) is 0 Å². The highest BCUT2D eigenvalue weighted by Gasteiger charge is 2.57. The lowest BCUT2D eigenvalue weighted by molar-refractivity contribution is -0.140. The van der Waals surface area contributed by atoms with Gasteiger partial charge in [-0.05, 0) is 18.8 Å². The molecule has 76 valence electrons. The normalized spacial score (nSPS) is 33.0. The Morgan fingerprint density at radius 2 is 2.15 bits per heavy atom. The van der Waals surface area contributed by atoms with Crippen molar-refractivity contribution in [2.24, 2.45) is 11.7 Å². The summed E-state index contributed by atoms with van der Waals surface area (Å²) in [6.45, 7) is 0. The summed E-state index contributed by atoms with van der Waals surface area (Å²) in [4.78, 5) is 27.6. The summed E-state index contributed by atoms with van der Waals surface area (Å²) >= 11 is 0. The average Bonchev–Trinajstić information content (AvgIpc) is 2.58. The zero-order valence-electron chi connectivity index (χ0n) is 6.88. The molecule has 0 radical (unpaired) electrons. The molecular formula is C6H12NO5P. The Kier molecular flexibility index (Phi) is 2.51. The first kappa shape index (κ1) is 10.7. The molecule has 0 unspecified atom stereocenters. The van der Waals surface area contributed by atoms with Gasteiger partial charge in [-0.3, -0.25) is 9.36 Å². The largest absolute Gasteiger partial charge is 0.480 e. The quantitative estimate of drug-likeness (QED) is 0.457. The third kappa shape index (κ3) is 2.51. The van der Waals surface area contributed by atoms with Crippen molar-refractivity contribution in [3.63, 3.8) is 0 Å². The van der Waals surface area contributed by atoms with E-state index in [-0.39, 0.29) is 18.5 Å². The highest BCUT2D eigenvalue weighted by atomic mass is 31.2. The zero-order chi connectivity index (χ0) is 10.3. The molecule has 7 heteroatoms. The summed E-state index contributed by atoms with van der Waals surface area (Å²) in [6.07, 6.45) is 0.194. The van der Waals surface area contributed by atoms with Crippen molar-refractivity contribution < 1.29 is 24.3 Å². The molecule has 1 aliphatic rings. The van der Waals surface area contributed by atoms with Gasteiger partial charge in [0.05, 0.1) is 6.16 Å². The van der Waals surface area contributed by atoms with Gasteiger partial charge in [-0.25, -0.2) is 0 Å². The van der Waals surface area contributed by atoms with Gasteiger partial charge < -0.3 is 20.6 Å². The lowest BCUT2D eigenvalue weighted by atomic mass is 10.2. The van der Waals surface area contributed by atoms with Gasteiger partial charge in [-0.15, -0.1) is 0 Å². The fourth-order valence-electron chi connectivity index (χ4n) is 1.29. The molecule has 1 saturated carbocycles. The Bertz CT molecular complexity index is 274. The fraction of sp³-hybridized carbons (Fsp3) is 0.833. The number of hydrogen-bond donors (Lipinski definition) is 4. The van der Waals surface area contributed by atoms with Crippen LogP contribution in [-0.4, -0.2) is 32.6 Å². The van der Waals surface area contributed by atoms with Gasteiger partial charge in [-0.2, -0.15) is 0 Å². The van der Waals surface area contributed by atoms with Crippen molar-refractivity contribution in [2.45, 2.75) is 18.4 Å². The van der Waals surface area contributed by atoms with Gasteiger partial charge in [0.25, 0.3) is 0 Å². The van der Waals surface area contributed by atoms with E-state index < -0.39 is 19.1 Å². The van der Waals surface area contributed by atoms with Crippen molar-refractivity contribution in [1.29, 1.82) is 0 Å². The van der Waals surface area contributed by atoms with E-state index in [4.69, 9.17) is 20.6 Å². The zero-order valence-corrected chi connectivity index (χ0v) is 7.78. The molecular weight excluding hydrogens is 197 g/mol. The van der Waals surface area contributed by atoms with E-state index in [1.807, 2.05) is 0 Å². The lowest BCUT2D eigenvalue weighted by Crippen LogP contribution is -2.35. The van der Waals surface area contributed by atoms with Crippen LogP contribution in [-0.2, 0) is 9.36 Å². The van der Waals surface area contributed by atoms with Crippen LogP contribution in [0.4, 0.5) is 0 Å². The van der Waals surface area contributed by atoms with Gasteiger partial charge >= 0.3 is 13.6 Å². The summed E-state index contributed by atoms with van der Waals surface area (Å²) in [5, 5.41) is 8.59. The molecule has 2 atom stereocenters. The summed E-state index contributed by atoms with van der Waals surface area (Å²) in [6, 6.07) is 0. The second-order valence-electron chi connectivity index (χ2n) is 3.42. The number of hydrogen-bond acceptors (Lipinski definition) is 3. The average molecular weight is 209 g/mol. The van der Waals surface area contributed by atoms with Crippen LogP contribution in [0, 0.1) is 5.92 Å². The minimum absolute atomic E-state index is 0.174. The number of nitrogens with two attached hydrogens (primary N) is 1. The number of carboxylic acids is 1. The van der Waals surface area contributed by atoms with Crippen molar-refractivity contribution in [1.82, 2.24) is 0 Å². The first-order valence-corrected chi connectivity index (χ1v) is 5.62. The molecule has 0 aliphatic heterocycles. The SMILES string of the molecule is N[C@]1(C(=O)O)C[C@@H]1CCP(=O)(O)O. The molecule has 1 rings (SSSR count). The third-order valence-electron chi connectivity index (χ3n) is 2.32. The van der Waals surface area contributed by atoms with Gasteiger partial charge in [0.1, 0.15) is 5.54 Å². The summed E-state index contributed by atoms with van der Waals surface area (Å²) in [7, 11) is -4.01. The maximum absolute atomic E-state index is 10.5. The van der Waals surface area contributed by atoms with E-state index in [0.717, 1.165) is 0 Å². The number of aliphatic carboxylic acids is 1. The first-order valence-electron chi connectivity index (χ1n) is 3.82. The van der Waals surface area contributed by atoms with E-state index >= 15 is 0 Å². The molecule has 1 fully saturated rings. The fourth-order valence-corrected chi connectivity index (χ4v) is 1.94. The Hall–Kier alpha value is -0.420. The van der Waals surface area contributed by atoms with Crippen LogP contribution in [0.1, 0.15) is 12.8 Å². The van der Waals surface area contributed by atoms with E-state index in [9.17, 15) is 9.36 Å². The van der Waals surface area contributed by atoms with Gasteiger partial charge in [0.15, 0.2) is 0 Å². The first-order chi connectivity index (χ1) is 5.76.